The molecule has 0 N–H and O–H groups in total. The number of hydrogen-bond acceptors (Lipinski definition) is 5. The van der Waals surface area contributed by atoms with E-state index in [1.54, 1.807) is 11.3 Å². The van der Waals surface area contributed by atoms with Crippen molar-refractivity contribution >= 4 is 73.8 Å². The minimum Gasteiger partial charge on any atom is -0.208 e. The van der Waals surface area contributed by atoms with Crippen molar-refractivity contribution in [1.29, 1.82) is 0 Å². The van der Waals surface area contributed by atoms with Crippen LogP contribution < -0.4 is 0 Å². The molecule has 0 bridgehead atoms. The highest BCUT2D eigenvalue weighted by Crippen LogP contribution is 2.42. The van der Waals surface area contributed by atoms with Crippen LogP contribution >= 0.6 is 22.7 Å². The molecule has 0 spiro atoms. The first-order valence-corrected chi connectivity index (χ1v) is 16.8. The van der Waals surface area contributed by atoms with Gasteiger partial charge in [0.05, 0.1) is 12.3 Å². The van der Waals surface area contributed by atoms with E-state index in [4.69, 9.17) is 23.2 Å². The first-order valence-electron chi connectivity index (χ1n) is 19.7. The summed E-state index contributed by atoms with van der Waals surface area (Å²) in [5.74, 6) is 0.649. The highest BCUT2D eigenvalue weighted by atomic mass is 32.1. The molecule has 0 aliphatic heterocycles. The topological polar surface area (TPSA) is 38.7 Å². The monoisotopic (exact) mass is 656 g/mol. The van der Waals surface area contributed by atoms with E-state index in [2.05, 4.69) is 36.4 Å². The molecule has 10 rings (SSSR count). The Morgan fingerprint density at radius 3 is 2.02 bits per heavy atom. The summed E-state index contributed by atoms with van der Waals surface area (Å²) < 4.78 is 82.2. The Kier molecular flexibility index (Phi) is 4.50. The Labute approximate surface area is 297 Å². The van der Waals surface area contributed by atoms with Gasteiger partial charge >= 0.3 is 0 Å². The number of hydrogen-bond donors (Lipinski definition) is 0. The van der Waals surface area contributed by atoms with Crippen molar-refractivity contribution in [2.24, 2.45) is 0 Å². The van der Waals surface area contributed by atoms with Gasteiger partial charge in [0.1, 0.15) is 0 Å². The molecule has 224 valence electrons. The molecule has 0 atom stereocenters. The van der Waals surface area contributed by atoms with E-state index in [9.17, 15) is 4.11 Å². The average Bonchev–Trinajstić information content (AvgIpc) is 3.83. The molecule has 10 aromatic rings. The molecule has 3 heterocycles. The second-order valence-corrected chi connectivity index (χ2v) is 13.4. The maximum absolute atomic E-state index is 9.51. The zero-order chi connectivity index (χ0) is 39.4. The lowest BCUT2D eigenvalue weighted by atomic mass is 9.99. The molecule has 0 saturated heterocycles. The van der Waals surface area contributed by atoms with E-state index < -0.39 is 24.2 Å². The van der Waals surface area contributed by atoms with Gasteiger partial charge in [-0.1, -0.05) is 133 Å². The smallest absolute Gasteiger partial charge is 0.164 e. The number of nitrogens with zero attached hydrogens (tertiary/aromatic N) is 3. The fourth-order valence-corrected chi connectivity index (χ4v) is 8.47. The van der Waals surface area contributed by atoms with Crippen molar-refractivity contribution in [2.75, 3.05) is 0 Å². The van der Waals surface area contributed by atoms with Crippen LogP contribution in [0.4, 0.5) is 0 Å². The highest BCUT2D eigenvalue weighted by molar-refractivity contribution is 7.27. The van der Waals surface area contributed by atoms with E-state index >= 15 is 0 Å². The van der Waals surface area contributed by atoms with Gasteiger partial charge in [-0.2, -0.15) is 0 Å². The lowest BCUT2D eigenvalue weighted by molar-refractivity contribution is 1.08. The number of aromatic nitrogens is 3. The summed E-state index contributed by atoms with van der Waals surface area (Å²) in [7, 11) is 0. The minimum atomic E-state index is -0.512. The molecule has 48 heavy (non-hydrogen) atoms. The van der Waals surface area contributed by atoms with Crippen molar-refractivity contribution in [3.8, 4) is 45.3 Å². The standard InChI is InChI=1S/C43H25N3S2/c1-3-10-26(11-4-1)31-16-9-17-36-39(31)35-23-20-30(25-38(35)47-36)43-45-41(28-13-5-2-6-14-28)44-42(46-43)29-19-21-33-34-22-18-27-12-7-8-15-32(27)40(34)48-37(33)24-29/h1-25H/i7D,8D,12D,15D,18D,19D,21D,22D,24D. The van der Waals surface area contributed by atoms with Crippen LogP contribution in [0.15, 0.2) is 151 Å². The first kappa shape index (κ1) is 19.8. The van der Waals surface area contributed by atoms with E-state index in [0.717, 1.165) is 42.6 Å². The second kappa shape index (κ2) is 10.9. The van der Waals surface area contributed by atoms with Crippen molar-refractivity contribution in [2.45, 2.75) is 0 Å². The van der Waals surface area contributed by atoms with E-state index in [1.165, 1.54) is 0 Å². The molecule has 0 amide bonds. The fraction of sp³-hybridized carbons (Fsp3) is 0. The van der Waals surface area contributed by atoms with Gasteiger partial charge in [-0.25, -0.2) is 15.0 Å². The van der Waals surface area contributed by atoms with Crippen LogP contribution in [0.2, 0.25) is 0 Å². The van der Waals surface area contributed by atoms with Gasteiger partial charge < -0.3 is 0 Å². The zero-order valence-electron chi connectivity index (χ0n) is 33.9. The van der Waals surface area contributed by atoms with Crippen molar-refractivity contribution in [1.82, 2.24) is 15.0 Å². The summed E-state index contributed by atoms with van der Waals surface area (Å²) in [6.45, 7) is 0. The fourth-order valence-electron chi connectivity index (χ4n) is 6.17. The Morgan fingerprint density at radius 1 is 0.458 bits per heavy atom. The van der Waals surface area contributed by atoms with Crippen molar-refractivity contribution in [3.05, 3.63) is 151 Å². The molecule has 3 aromatic heterocycles. The van der Waals surface area contributed by atoms with Crippen LogP contribution in [-0.2, 0) is 0 Å². The molecule has 0 saturated carbocycles. The van der Waals surface area contributed by atoms with Crippen molar-refractivity contribution < 1.29 is 12.3 Å². The summed E-state index contributed by atoms with van der Waals surface area (Å²) in [6.07, 6.45) is 0. The summed E-state index contributed by atoms with van der Waals surface area (Å²) >= 11 is 2.67. The normalized spacial score (nSPS) is 14.4. The van der Waals surface area contributed by atoms with Crippen LogP contribution in [0.3, 0.4) is 0 Å². The number of benzene rings is 7. The van der Waals surface area contributed by atoms with Crippen LogP contribution in [-0.4, -0.2) is 15.0 Å². The maximum atomic E-state index is 9.51. The third-order valence-corrected chi connectivity index (χ3v) is 10.7. The molecule has 7 aromatic carbocycles. The van der Waals surface area contributed by atoms with Crippen molar-refractivity contribution in [3.63, 3.8) is 0 Å². The molecule has 0 aliphatic carbocycles. The Morgan fingerprint density at radius 2 is 1.19 bits per heavy atom. The molecule has 3 nitrogen and oxygen atoms in total. The van der Waals surface area contributed by atoms with Gasteiger partial charge in [-0.3, -0.25) is 0 Å². The van der Waals surface area contributed by atoms with Crippen LogP contribution in [0.5, 0.6) is 0 Å². The Bertz CT molecular complexity index is 3350. The maximum Gasteiger partial charge on any atom is 0.164 e. The SMILES string of the molecule is [2H]c1c([2H])c([2H])c2c(c1[2H])c([2H])c([2H])c1c2sc2c([2H])c(-c3nc(-c4ccccc4)nc(-c4ccc5c(c4)sc4cccc(-c6ccccc6)c45)n3)c([2H])c([2H])c21. The lowest BCUT2D eigenvalue weighted by Crippen LogP contribution is -2.00. The summed E-state index contributed by atoms with van der Waals surface area (Å²) in [6, 6.07) is 28.6. The first-order chi connectivity index (χ1) is 27.5. The number of fused-ring (bicyclic) bond motifs is 8. The summed E-state index contributed by atoms with van der Waals surface area (Å²) in [5, 5.41) is 2.40. The average molecular weight is 657 g/mol. The number of thiophene rings is 2. The van der Waals surface area contributed by atoms with E-state index in [0.29, 0.717) is 22.8 Å². The van der Waals surface area contributed by atoms with Gasteiger partial charge in [-0.15, -0.1) is 22.7 Å². The number of rotatable bonds is 4. The highest BCUT2D eigenvalue weighted by Gasteiger charge is 2.17. The summed E-state index contributed by atoms with van der Waals surface area (Å²) in [4.78, 5) is 14.6. The zero-order valence-corrected chi connectivity index (χ0v) is 26.5. The van der Waals surface area contributed by atoms with E-state index in [-0.39, 0.29) is 72.5 Å². The lowest BCUT2D eigenvalue weighted by Gasteiger charge is -2.09. The third kappa shape index (κ3) is 4.43. The third-order valence-electron chi connectivity index (χ3n) is 8.42. The quantitative estimate of drug-likeness (QED) is 0.189. The summed E-state index contributed by atoms with van der Waals surface area (Å²) in [5.41, 5.74) is 3.64. The van der Waals surface area contributed by atoms with Gasteiger partial charge in [0.25, 0.3) is 0 Å². The van der Waals surface area contributed by atoms with Crippen LogP contribution in [0.25, 0.3) is 96.4 Å². The largest absolute Gasteiger partial charge is 0.208 e. The molecule has 0 unspecified atom stereocenters. The molecular weight excluding hydrogens is 623 g/mol. The molecule has 0 radical (unpaired) electrons. The molecule has 5 heteroatoms. The van der Waals surface area contributed by atoms with Gasteiger partial charge in [0.2, 0.25) is 0 Å². The predicted octanol–water partition coefficient (Wildman–Crippen LogP) is 12.4. The molecular formula is C43H25N3S2. The van der Waals surface area contributed by atoms with Gasteiger partial charge in [0.15, 0.2) is 17.5 Å². The Hall–Kier alpha value is -5.75. The Balaban J connectivity index is 1.22. The van der Waals surface area contributed by atoms with Gasteiger partial charge in [-0.05, 0) is 40.1 Å². The van der Waals surface area contributed by atoms with Crippen LogP contribution in [0.1, 0.15) is 12.3 Å². The second-order valence-electron chi connectivity index (χ2n) is 11.3. The van der Waals surface area contributed by atoms with Gasteiger partial charge in [0, 0.05) is 57.0 Å². The predicted molar refractivity (Wildman–Crippen MR) is 205 cm³/mol. The van der Waals surface area contributed by atoms with E-state index in [1.807, 2.05) is 60.7 Å². The van der Waals surface area contributed by atoms with Crippen LogP contribution in [0, 0.1) is 0 Å². The molecule has 0 fully saturated rings. The molecule has 0 aliphatic rings. The minimum absolute atomic E-state index is 0.0147.